The van der Waals surface area contributed by atoms with Crippen molar-refractivity contribution in [1.29, 1.82) is 0 Å². The van der Waals surface area contributed by atoms with Gasteiger partial charge in [0.05, 0.1) is 20.5 Å². The lowest BCUT2D eigenvalue weighted by Gasteiger charge is -1.97. The van der Waals surface area contributed by atoms with Crippen LogP contribution in [0, 0.1) is 10.4 Å². The van der Waals surface area contributed by atoms with E-state index in [4.69, 9.17) is 0 Å². The Labute approximate surface area is 68.4 Å². The number of nitrogens with zero attached hydrogens (tertiary/aromatic N) is 2. The molecule has 0 aliphatic carbocycles. The van der Waals surface area contributed by atoms with Gasteiger partial charge >= 0.3 is 0 Å². The molecular formula is C8H6N2O2. The summed E-state index contributed by atoms with van der Waals surface area (Å²) < 4.78 is 0. The number of hydrogen-bond acceptors (Lipinski definition) is 2. The zero-order valence-corrected chi connectivity index (χ0v) is 6.18. The second-order valence-electron chi connectivity index (χ2n) is 2.49. The van der Waals surface area contributed by atoms with Crippen LogP contribution in [0.5, 0.6) is 0 Å². The molecule has 60 valence electrons. The van der Waals surface area contributed by atoms with Gasteiger partial charge in [-0.2, -0.15) is 0 Å². The molecule has 0 saturated carbocycles. The standard InChI is InChI=1S/C8H6N2O2/c11-9-5-7-3-1-2-4-8(7)6-10(9)12/h1-6H. The van der Waals surface area contributed by atoms with Gasteiger partial charge in [0, 0.05) is 0 Å². The third-order valence-corrected chi connectivity index (χ3v) is 1.69. The zero-order valence-electron chi connectivity index (χ0n) is 6.18. The highest BCUT2D eigenvalue weighted by atomic mass is 16.6. The van der Waals surface area contributed by atoms with Gasteiger partial charge in [0.1, 0.15) is 0 Å². The Morgan fingerprint density at radius 2 is 1.25 bits per heavy atom. The van der Waals surface area contributed by atoms with Gasteiger partial charge in [-0.3, -0.25) is 0 Å². The first-order chi connectivity index (χ1) is 5.77. The van der Waals surface area contributed by atoms with Gasteiger partial charge in [0.25, 0.3) is 12.4 Å². The Kier molecular flexibility index (Phi) is 1.33. The maximum Gasteiger partial charge on any atom is 0.260 e. The largest absolute Gasteiger partial charge is 0.561 e. The Morgan fingerprint density at radius 3 is 1.67 bits per heavy atom. The van der Waals surface area contributed by atoms with Crippen LogP contribution in [0.15, 0.2) is 36.7 Å². The predicted molar refractivity (Wildman–Crippen MR) is 41.9 cm³/mol. The fourth-order valence-electron chi connectivity index (χ4n) is 1.10. The summed E-state index contributed by atoms with van der Waals surface area (Å²) in [5.74, 6) is 0. The average Bonchev–Trinajstić information content (AvgIpc) is 2.07. The second kappa shape index (κ2) is 2.34. The van der Waals surface area contributed by atoms with Gasteiger partial charge < -0.3 is 10.4 Å². The lowest BCUT2D eigenvalue weighted by molar-refractivity contribution is -1.19. The summed E-state index contributed by atoms with van der Waals surface area (Å²) in [6.07, 6.45) is 2.50. The highest BCUT2D eigenvalue weighted by Crippen LogP contribution is 2.07. The summed E-state index contributed by atoms with van der Waals surface area (Å²) in [5.41, 5.74) is 0. The van der Waals surface area contributed by atoms with E-state index in [9.17, 15) is 10.4 Å². The van der Waals surface area contributed by atoms with Crippen molar-refractivity contribution in [1.82, 2.24) is 0 Å². The topological polar surface area (TPSA) is 53.9 Å². The van der Waals surface area contributed by atoms with Crippen LogP contribution in [-0.4, -0.2) is 0 Å². The van der Waals surface area contributed by atoms with E-state index in [0.29, 0.717) is 0 Å². The van der Waals surface area contributed by atoms with E-state index in [-0.39, 0.29) is 9.69 Å². The minimum Gasteiger partial charge on any atom is -0.561 e. The molecule has 1 heterocycles. The monoisotopic (exact) mass is 162 g/mol. The molecule has 0 atom stereocenters. The van der Waals surface area contributed by atoms with Crippen molar-refractivity contribution in [2.75, 3.05) is 0 Å². The maximum atomic E-state index is 10.8. The van der Waals surface area contributed by atoms with E-state index in [1.165, 1.54) is 12.4 Å². The summed E-state index contributed by atoms with van der Waals surface area (Å²) >= 11 is 0. The van der Waals surface area contributed by atoms with Crippen molar-refractivity contribution in [2.24, 2.45) is 0 Å². The van der Waals surface area contributed by atoms with E-state index >= 15 is 0 Å². The molecule has 4 heteroatoms. The summed E-state index contributed by atoms with van der Waals surface area (Å²) in [7, 11) is 0. The summed E-state index contributed by atoms with van der Waals surface area (Å²) in [6.45, 7) is 0. The highest BCUT2D eigenvalue weighted by molar-refractivity contribution is 5.79. The molecule has 4 nitrogen and oxygen atoms in total. The molecule has 0 saturated heterocycles. The van der Waals surface area contributed by atoms with Gasteiger partial charge in [-0.05, 0) is 12.1 Å². The molecular weight excluding hydrogens is 156 g/mol. The SMILES string of the molecule is [O-][n+]1cc2ccccc2c[n+]1[O-]. The van der Waals surface area contributed by atoms with Crippen LogP contribution in [0.1, 0.15) is 0 Å². The minimum atomic E-state index is 0.252. The molecule has 0 aliphatic heterocycles. The molecule has 1 aromatic carbocycles. The highest BCUT2D eigenvalue weighted by Gasteiger charge is 2.05. The van der Waals surface area contributed by atoms with Crippen molar-refractivity contribution < 1.29 is 9.69 Å². The Balaban J connectivity index is 2.84. The number of hydrogen-bond donors (Lipinski definition) is 0. The third-order valence-electron chi connectivity index (χ3n) is 1.69. The van der Waals surface area contributed by atoms with Crippen LogP contribution >= 0.6 is 0 Å². The number of aromatic nitrogens is 2. The molecule has 0 bridgehead atoms. The van der Waals surface area contributed by atoms with Crippen LogP contribution in [0.25, 0.3) is 10.8 Å². The molecule has 12 heavy (non-hydrogen) atoms. The number of fused-ring (bicyclic) bond motifs is 1. The zero-order chi connectivity index (χ0) is 8.55. The number of benzene rings is 1. The van der Waals surface area contributed by atoms with Crippen molar-refractivity contribution in [3.63, 3.8) is 0 Å². The summed E-state index contributed by atoms with van der Waals surface area (Å²) in [5, 5.41) is 23.1. The molecule has 0 fully saturated rings. The molecule has 0 radical (unpaired) electrons. The normalized spacial score (nSPS) is 10.3. The average molecular weight is 162 g/mol. The van der Waals surface area contributed by atoms with Crippen LogP contribution in [0.2, 0.25) is 0 Å². The third kappa shape index (κ3) is 0.934. The van der Waals surface area contributed by atoms with E-state index in [1.54, 1.807) is 12.1 Å². The van der Waals surface area contributed by atoms with Crippen LogP contribution in [-0.2, 0) is 0 Å². The Morgan fingerprint density at radius 1 is 0.833 bits per heavy atom. The smallest absolute Gasteiger partial charge is 0.260 e. The minimum absolute atomic E-state index is 0.252. The van der Waals surface area contributed by atoms with Crippen LogP contribution in [0.3, 0.4) is 0 Å². The summed E-state index contributed by atoms with van der Waals surface area (Å²) in [6, 6.07) is 7.20. The van der Waals surface area contributed by atoms with Gasteiger partial charge in [-0.25, -0.2) is 0 Å². The predicted octanol–water partition coefficient (Wildman–Crippen LogP) is 0.107. The van der Waals surface area contributed by atoms with Crippen molar-refractivity contribution >= 4 is 10.8 Å². The lowest BCUT2D eigenvalue weighted by Crippen LogP contribution is -2.59. The first-order valence-corrected chi connectivity index (χ1v) is 3.49. The van der Waals surface area contributed by atoms with E-state index in [1.807, 2.05) is 12.1 Å². The Bertz CT molecular complexity index is 388. The molecule has 0 spiro atoms. The van der Waals surface area contributed by atoms with Gasteiger partial charge in [-0.15, -0.1) is 0 Å². The summed E-state index contributed by atoms with van der Waals surface area (Å²) in [4.78, 5) is 0.505. The Hall–Kier alpha value is -1.84. The molecule has 2 rings (SSSR count). The fraction of sp³-hybridized carbons (Fsp3) is 0. The van der Waals surface area contributed by atoms with Crippen molar-refractivity contribution in [3.8, 4) is 0 Å². The van der Waals surface area contributed by atoms with E-state index in [2.05, 4.69) is 0 Å². The van der Waals surface area contributed by atoms with Crippen LogP contribution in [0.4, 0.5) is 0 Å². The van der Waals surface area contributed by atoms with Gasteiger partial charge in [0.2, 0.25) is 0 Å². The molecule has 0 aliphatic rings. The fourth-order valence-corrected chi connectivity index (χ4v) is 1.10. The van der Waals surface area contributed by atoms with Crippen molar-refractivity contribution in [3.05, 3.63) is 47.1 Å². The first-order valence-electron chi connectivity index (χ1n) is 3.49. The maximum absolute atomic E-state index is 10.8. The number of rotatable bonds is 0. The van der Waals surface area contributed by atoms with Gasteiger partial charge in [0.15, 0.2) is 0 Å². The van der Waals surface area contributed by atoms with Crippen molar-refractivity contribution in [2.45, 2.75) is 0 Å². The molecule has 1 aromatic heterocycles. The quantitative estimate of drug-likeness (QED) is 0.407. The molecule has 0 N–H and O–H groups in total. The second-order valence-corrected chi connectivity index (χ2v) is 2.49. The van der Waals surface area contributed by atoms with E-state index < -0.39 is 0 Å². The van der Waals surface area contributed by atoms with Crippen LogP contribution < -0.4 is 9.69 Å². The molecule has 0 amide bonds. The van der Waals surface area contributed by atoms with Gasteiger partial charge in [-0.1, -0.05) is 12.1 Å². The van der Waals surface area contributed by atoms with E-state index in [0.717, 1.165) is 10.8 Å². The molecule has 0 unspecified atom stereocenters. The lowest BCUT2D eigenvalue weighted by atomic mass is 10.2. The first kappa shape index (κ1) is 6.84. The molecule has 2 aromatic rings.